The van der Waals surface area contributed by atoms with E-state index in [1.165, 1.54) is 32.4 Å². The Balaban J connectivity index is 2.96. The van der Waals surface area contributed by atoms with Crippen molar-refractivity contribution in [3.8, 4) is 5.75 Å². The van der Waals surface area contributed by atoms with Gasteiger partial charge in [-0.05, 0) is 30.5 Å². The van der Waals surface area contributed by atoms with Crippen LogP contribution >= 0.6 is 0 Å². The molecular weight excluding hydrogens is 328 g/mol. The van der Waals surface area contributed by atoms with Crippen LogP contribution < -0.4 is 14.8 Å². The molecule has 0 saturated carbocycles. The second-order valence-corrected chi connectivity index (χ2v) is 7.48. The summed E-state index contributed by atoms with van der Waals surface area (Å²) in [5.74, 6) is 0.261. The van der Waals surface area contributed by atoms with Gasteiger partial charge in [-0.25, -0.2) is 13.1 Å². The molecule has 0 spiro atoms. The molecule has 0 fully saturated rings. The van der Waals surface area contributed by atoms with Gasteiger partial charge in [-0.1, -0.05) is 33.1 Å². The lowest BCUT2D eigenvalue weighted by atomic mass is 10.00. The first kappa shape index (κ1) is 20.4. The third-order valence-corrected chi connectivity index (χ3v) is 5.48. The molecule has 1 aromatic rings. The number of amides is 1. The van der Waals surface area contributed by atoms with Crippen LogP contribution in [-0.4, -0.2) is 35.0 Å². The van der Waals surface area contributed by atoms with Gasteiger partial charge in [-0.15, -0.1) is 0 Å². The van der Waals surface area contributed by atoms with Crippen LogP contribution in [0, 0.1) is 5.92 Å². The third kappa shape index (κ3) is 5.49. The van der Waals surface area contributed by atoms with Gasteiger partial charge in [0, 0.05) is 13.6 Å². The Hall–Kier alpha value is -1.60. The zero-order valence-electron chi connectivity index (χ0n) is 14.9. The Labute approximate surface area is 145 Å². The van der Waals surface area contributed by atoms with Gasteiger partial charge in [0.05, 0.1) is 17.6 Å². The number of hydrogen-bond donors (Lipinski definition) is 2. The summed E-state index contributed by atoms with van der Waals surface area (Å²) in [6, 6.07) is 4.28. The molecule has 0 unspecified atom stereocenters. The first-order valence-electron chi connectivity index (χ1n) is 8.29. The highest BCUT2D eigenvalue weighted by Crippen LogP contribution is 2.22. The molecule has 0 heterocycles. The lowest BCUT2D eigenvalue weighted by Crippen LogP contribution is -2.29. The largest absolute Gasteiger partial charge is 0.496 e. The van der Waals surface area contributed by atoms with E-state index >= 15 is 0 Å². The van der Waals surface area contributed by atoms with Crippen LogP contribution in [0.2, 0.25) is 0 Å². The predicted molar refractivity (Wildman–Crippen MR) is 94.9 cm³/mol. The Morgan fingerprint density at radius 1 is 1.29 bits per heavy atom. The summed E-state index contributed by atoms with van der Waals surface area (Å²) in [5.41, 5.74) is 0.195. The van der Waals surface area contributed by atoms with Gasteiger partial charge in [0.15, 0.2) is 0 Å². The lowest BCUT2D eigenvalue weighted by Gasteiger charge is -2.16. The van der Waals surface area contributed by atoms with Crippen LogP contribution in [0.1, 0.15) is 49.9 Å². The highest BCUT2D eigenvalue weighted by atomic mass is 32.2. The molecule has 1 rings (SSSR count). The standard InChI is InChI=1S/C17H28N2O4S/c1-5-7-8-13(6-2)12-19-24(21,22)14-9-10-16(23-4)15(11-14)17(20)18-3/h9-11,13,19H,5-8,12H2,1-4H3,(H,18,20)/t13-/m0/s1. The maximum absolute atomic E-state index is 12.5. The molecule has 6 nitrogen and oxygen atoms in total. The van der Waals surface area contributed by atoms with Gasteiger partial charge in [-0.2, -0.15) is 0 Å². The molecule has 0 aliphatic rings. The molecular formula is C17H28N2O4S. The molecule has 2 N–H and O–H groups in total. The third-order valence-electron chi connectivity index (χ3n) is 4.06. The fourth-order valence-corrected chi connectivity index (χ4v) is 3.56. The number of carbonyl (C=O) groups is 1. The summed E-state index contributed by atoms with van der Waals surface area (Å²) in [7, 11) is -0.740. The molecule has 0 aliphatic heterocycles. The fraction of sp³-hybridized carbons (Fsp3) is 0.588. The minimum absolute atomic E-state index is 0.0623. The first-order valence-corrected chi connectivity index (χ1v) is 9.77. The number of sulfonamides is 1. The second-order valence-electron chi connectivity index (χ2n) is 5.71. The quantitative estimate of drug-likeness (QED) is 0.675. The van der Waals surface area contributed by atoms with E-state index in [1.807, 2.05) is 0 Å². The number of nitrogens with one attached hydrogen (secondary N) is 2. The van der Waals surface area contributed by atoms with Crippen LogP contribution in [0.15, 0.2) is 23.1 Å². The average molecular weight is 356 g/mol. The van der Waals surface area contributed by atoms with Crippen LogP contribution in [-0.2, 0) is 10.0 Å². The van der Waals surface area contributed by atoms with Crippen LogP contribution in [0.4, 0.5) is 0 Å². The molecule has 7 heteroatoms. The number of unbranched alkanes of at least 4 members (excludes halogenated alkanes) is 1. The van der Waals surface area contributed by atoms with E-state index in [1.54, 1.807) is 0 Å². The number of methoxy groups -OCH3 is 1. The summed E-state index contributed by atoms with van der Waals surface area (Å²) in [6.45, 7) is 4.58. The Morgan fingerprint density at radius 3 is 2.54 bits per heavy atom. The van der Waals surface area contributed by atoms with E-state index in [9.17, 15) is 13.2 Å². The average Bonchev–Trinajstić information content (AvgIpc) is 2.60. The van der Waals surface area contributed by atoms with Crippen molar-refractivity contribution in [2.45, 2.75) is 44.4 Å². The van der Waals surface area contributed by atoms with Crippen molar-refractivity contribution >= 4 is 15.9 Å². The monoisotopic (exact) mass is 356 g/mol. The normalized spacial score (nSPS) is 12.7. The number of carbonyl (C=O) groups excluding carboxylic acids is 1. The smallest absolute Gasteiger partial charge is 0.254 e. The van der Waals surface area contributed by atoms with Crippen molar-refractivity contribution in [3.63, 3.8) is 0 Å². The molecule has 1 aromatic carbocycles. The minimum atomic E-state index is -3.67. The summed E-state index contributed by atoms with van der Waals surface area (Å²) >= 11 is 0. The van der Waals surface area contributed by atoms with Gasteiger partial charge in [-0.3, -0.25) is 4.79 Å². The number of hydrogen-bond acceptors (Lipinski definition) is 4. The van der Waals surface area contributed by atoms with Gasteiger partial charge in [0.2, 0.25) is 10.0 Å². The molecule has 1 amide bonds. The SMILES string of the molecule is CCCC[C@H](CC)CNS(=O)(=O)c1ccc(OC)c(C(=O)NC)c1. The second kappa shape index (κ2) is 9.64. The summed E-state index contributed by atoms with van der Waals surface area (Å²) in [6.07, 6.45) is 4.11. The van der Waals surface area contributed by atoms with Crippen molar-refractivity contribution in [2.75, 3.05) is 20.7 Å². The number of rotatable bonds is 10. The van der Waals surface area contributed by atoms with E-state index in [0.29, 0.717) is 18.2 Å². The first-order chi connectivity index (χ1) is 11.4. The van der Waals surface area contributed by atoms with Gasteiger partial charge >= 0.3 is 0 Å². The van der Waals surface area contributed by atoms with Crippen molar-refractivity contribution in [1.29, 1.82) is 0 Å². The molecule has 0 bridgehead atoms. The van der Waals surface area contributed by atoms with Crippen molar-refractivity contribution in [3.05, 3.63) is 23.8 Å². The molecule has 0 aliphatic carbocycles. The van der Waals surface area contributed by atoms with Crippen molar-refractivity contribution < 1.29 is 17.9 Å². The molecule has 24 heavy (non-hydrogen) atoms. The minimum Gasteiger partial charge on any atom is -0.496 e. The van der Waals surface area contributed by atoms with Crippen LogP contribution in [0.25, 0.3) is 0 Å². The van der Waals surface area contributed by atoms with Crippen LogP contribution in [0.3, 0.4) is 0 Å². The molecule has 0 radical (unpaired) electrons. The molecule has 1 atom stereocenters. The maximum atomic E-state index is 12.5. The summed E-state index contributed by atoms with van der Waals surface area (Å²) in [4.78, 5) is 12.0. The molecule has 0 saturated heterocycles. The number of ether oxygens (including phenoxy) is 1. The van der Waals surface area contributed by atoms with Gasteiger partial charge in [0.25, 0.3) is 5.91 Å². The van der Waals surface area contributed by atoms with E-state index in [-0.39, 0.29) is 10.5 Å². The van der Waals surface area contributed by atoms with E-state index in [0.717, 1.165) is 25.7 Å². The Bertz CT molecular complexity index is 644. The van der Waals surface area contributed by atoms with Gasteiger partial charge in [0.1, 0.15) is 5.75 Å². The predicted octanol–water partition coefficient (Wildman–Crippen LogP) is 2.55. The van der Waals surface area contributed by atoms with Crippen molar-refractivity contribution in [1.82, 2.24) is 10.0 Å². The van der Waals surface area contributed by atoms with E-state index in [4.69, 9.17) is 4.74 Å². The Kier molecular flexibility index (Phi) is 8.21. The zero-order chi connectivity index (χ0) is 18.2. The van der Waals surface area contributed by atoms with Crippen molar-refractivity contribution in [2.24, 2.45) is 5.92 Å². The topological polar surface area (TPSA) is 84.5 Å². The van der Waals surface area contributed by atoms with Crippen LogP contribution in [0.5, 0.6) is 5.75 Å². The van der Waals surface area contributed by atoms with E-state index < -0.39 is 15.9 Å². The summed E-state index contributed by atoms with van der Waals surface area (Å²) in [5, 5.41) is 2.48. The molecule has 0 aromatic heterocycles. The summed E-state index contributed by atoms with van der Waals surface area (Å²) < 4.78 is 32.8. The zero-order valence-corrected chi connectivity index (χ0v) is 15.7. The Morgan fingerprint density at radius 2 is 2.00 bits per heavy atom. The number of benzene rings is 1. The fourth-order valence-electron chi connectivity index (χ4n) is 2.42. The maximum Gasteiger partial charge on any atom is 0.254 e. The van der Waals surface area contributed by atoms with Gasteiger partial charge < -0.3 is 10.1 Å². The molecule has 136 valence electrons. The highest BCUT2D eigenvalue weighted by Gasteiger charge is 2.20. The lowest BCUT2D eigenvalue weighted by molar-refractivity contribution is 0.0960. The highest BCUT2D eigenvalue weighted by molar-refractivity contribution is 7.89. The van der Waals surface area contributed by atoms with E-state index in [2.05, 4.69) is 23.9 Å².